The van der Waals surface area contributed by atoms with Crippen molar-refractivity contribution in [3.05, 3.63) is 0 Å². The van der Waals surface area contributed by atoms with Crippen molar-refractivity contribution in [3.8, 4) is 0 Å². The molecule has 2 atom stereocenters. The van der Waals surface area contributed by atoms with E-state index in [0.717, 1.165) is 5.72 Å². The smallest absolute Gasteiger partial charge is 0.204 e. The quantitative estimate of drug-likeness (QED) is 0.443. The largest absolute Gasteiger partial charge is 0.387 e. The highest BCUT2D eigenvalue weighted by Crippen LogP contribution is 2.23. The molecule has 0 aromatic rings. The molecule has 11 heavy (non-hydrogen) atoms. The predicted octanol–water partition coefficient (Wildman–Crippen LogP) is -0.100. The van der Waals surface area contributed by atoms with Gasteiger partial charge in [0.15, 0.2) is 7.41 Å². The molecule has 1 rings (SSSR count). The van der Waals surface area contributed by atoms with E-state index in [1.807, 2.05) is 0 Å². The molecular weight excluding hydrogens is 151 g/mol. The number of nitrogens with zero attached hydrogens (tertiary/aromatic N) is 1. The van der Waals surface area contributed by atoms with Crippen LogP contribution in [0.15, 0.2) is 0 Å². The van der Waals surface area contributed by atoms with E-state index in [-0.39, 0.29) is 0 Å². The van der Waals surface area contributed by atoms with Crippen LogP contribution in [0.3, 0.4) is 0 Å². The zero-order valence-electron chi connectivity index (χ0n) is 7.75. The zero-order valence-corrected chi connectivity index (χ0v) is 8.64. The molecule has 0 spiro atoms. The summed E-state index contributed by atoms with van der Waals surface area (Å²) < 4.78 is 2.52. The number of rotatable bonds is 2. The van der Waals surface area contributed by atoms with Crippen molar-refractivity contribution in [1.82, 2.24) is 4.72 Å². The third-order valence-electron chi connectivity index (χ3n) is 2.69. The molecule has 0 aromatic carbocycles. The lowest BCUT2D eigenvalue weighted by atomic mass is 9.51. The second-order valence-corrected chi connectivity index (χ2v) is 4.45. The van der Waals surface area contributed by atoms with Crippen LogP contribution in [0.25, 0.3) is 0 Å². The van der Waals surface area contributed by atoms with E-state index in [4.69, 9.17) is 0 Å². The molecule has 1 saturated heterocycles. The van der Waals surface area contributed by atoms with Crippen LogP contribution < -0.4 is 0 Å². The highest BCUT2D eigenvalue weighted by atomic mass is 32.1. The summed E-state index contributed by atoms with van der Waals surface area (Å²) >= 11 is 4.58. The Balaban J connectivity index is 2.43. The Kier molecular flexibility index (Phi) is 3.44. The van der Waals surface area contributed by atoms with Gasteiger partial charge in [-0.15, -0.1) is 0 Å². The van der Waals surface area contributed by atoms with Gasteiger partial charge in [-0.25, -0.2) is 0 Å². The second-order valence-electron chi connectivity index (χ2n) is 3.78. The Hall–Kier alpha value is 0.505. The van der Waals surface area contributed by atoms with Crippen molar-refractivity contribution < 1.29 is 0 Å². The predicted molar refractivity (Wildman–Crippen MR) is 60.8 cm³/mol. The standard InChI is InChI=1S/C6H16B3NS/c1-4(2)10-8-5(7-3)6(11)9-10/h4-9,11H,1-3H3. The van der Waals surface area contributed by atoms with E-state index in [0.29, 0.717) is 11.2 Å². The lowest BCUT2D eigenvalue weighted by molar-refractivity contribution is 0.557. The minimum Gasteiger partial charge on any atom is -0.387 e. The Morgan fingerprint density at radius 3 is 2.36 bits per heavy atom. The van der Waals surface area contributed by atoms with Crippen molar-refractivity contribution in [3.63, 3.8) is 0 Å². The van der Waals surface area contributed by atoms with Gasteiger partial charge < -0.3 is 4.72 Å². The van der Waals surface area contributed by atoms with E-state index in [2.05, 4.69) is 38.0 Å². The second kappa shape index (κ2) is 3.95. The molecule has 0 aromatic heterocycles. The van der Waals surface area contributed by atoms with Crippen molar-refractivity contribution in [2.75, 3.05) is 0 Å². The summed E-state index contributed by atoms with van der Waals surface area (Å²) in [6.45, 7) is 6.79. The number of hydrogen-bond donors (Lipinski definition) is 1. The normalized spacial score (nSPS) is 31.7. The Labute approximate surface area is 77.5 Å². The van der Waals surface area contributed by atoms with E-state index in [1.165, 1.54) is 22.1 Å². The fraction of sp³-hybridized carbons (Fsp3) is 1.00. The summed E-state index contributed by atoms with van der Waals surface area (Å²) in [4.78, 5) is 0. The fourth-order valence-electron chi connectivity index (χ4n) is 1.71. The maximum Gasteiger partial charge on any atom is 0.204 e. The summed E-state index contributed by atoms with van der Waals surface area (Å²) in [5.74, 6) is 0. The summed E-state index contributed by atoms with van der Waals surface area (Å²) in [7, 11) is 3.71. The molecular formula is C6H16B3NS. The first-order valence-corrected chi connectivity index (χ1v) is 5.09. The van der Waals surface area contributed by atoms with Gasteiger partial charge in [-0.3, -0.25) is 0 Å². The van der Waals surface area contributed by atoms with Gasteiger partial charge in [0.25, 0.3) is 0 Å². The minimum atomic E-state index is 0.613. The van der Waals surface area contributed by atoms with E-state index in [9.17, 15) is 0 Å². The average molecular weight is 167 g/mol. The van der Waals surface area contributed by atoms with Gasteiger partial charge in [0.2, 0.25) is 7.41 Å². The van der Waals surface area contributed by atoms with Crippen LogP contribution in [0.4, 0.5) is 0 Å². The van der Waals surface area contributed by atoms with Crippen molar-refractivity contribution in [1.29, 1.82) is 0 Å². The summed E-state index contributed by atoms with van der Waals surface area (Å²) in [6.07, 6.45) is 0. The molecule has 0 saturated carbocycles. The SMILES string of the molecule is CBC1BN(C(C)C)BC1S. The maximum atomic E-state index is 4.58. The third kappa shape index (κ3) is 2.22. The highest BCUT2D eigenvalue weighted by molar-refractivity contribution is 7.82. The first-order valence-electron chi connectivity index (χ1n) is 4.57. The van der Waals surface area contributed by atoms with Crippen LogP contribution in [0.2, 0.25) is 12.5 Å². The molecule has 1 aliphatic rings. The Morgan fingerprint density at radius 1 is 1.45 bits per heavy atom. The van der Waals surface area contributed by atoms with E-state index >= 15 is 0 Å². The first-order chi connectivity index (χ1) is 5.15. The first kappa shape index (κ1) is 9.59. The molecule has 1 fully saturated rings. The van der Waals surface area contributed by atoms with Gasteiger partial charge in [-0.1, -0.05) is 26.4 Å². The van der Waals surface area contributed by atoms with Crippen LogP contribution in [0.5, 0.6) is 0 Å². The van der Waals surface area contributed by atoms with Crippen LogP contribution >= 0.6 is 12.6 Å². The van der Waals surface area contributed by atoms with Crippen molar-refractivity contribution in [2.24, 2.45) is 0 Å². The van der Waals surface area contributed by atoms with Crippen molar-refractivity contribution in [2.45, 2.75) is 37.6 Å². The van der Waals surface area contributed by atoms with Crippen molar-refractivity contribution >= 4 is 34.7 Å². The summed E-state index contributed by atoms with van der Waals surface area (Å²) in [5, 5.41) is 0.613. The van der Waals surface area contributed by atoms with E-state index < -0.39 is 0 Å². The zero-order chi connectivity index (χ0) is 8.43. The summed E-state index contributed by atoms with van der Waals surface area (Å²) in [5.41, 5.74) is 0.820. The van der Waals surface area contributed by atoms with Gasteiger partial charge >= 0.3 is 0 Å². The molecule has 2 unspecified atom stereocenters. The minimum absolute atomic E-state index is 0.613. The molecule has 0 aliphatic carbocycles. The Bertz CT molecular complexity index is 133. The summed E-state index contributed by atoms with van der Waals surface area (Å²) in [6, 6.07) is 0.696. The average Bonchev–Trinajstić information content (AvgIpc) is 2.31. The van der Waals surface area contributed by atoms with Crippen LogP contribution in [-0.2, 0) is 0 Å². The van der Waals surface area contributed by atoms with Crippen LogP contribution in [-0.4, -0.2) is 38.0 Å². The van der Waals surface area contributed by atoms with Gasteiger partial charge in [0, 0.05) is 0 Å². The molecule has 5 heteroatoms. The lowest BCUT2D eigenvalue weighted by Crippen LogP contribution is -2.33. The molecule has 0 radical (unpaired) electrons. The molecule has 1 heterocycles. The molecule has 0 amide bonds. The number of hydrogen-bond acceptors (Lipinski definition) is 2. The third-order valence-corrected chi connectivity index (χ3v) is 3.27. The highest BCUT2D eigenvalue weighted by Gasteiger charge is 2.32. The number of thiol groups is 1. The van der Waals surface area contributed by atoms with Gasteiger partial charge in [-0.2, -0.15) is 12.6 Å². The fourth-order valence-corrected chi connectivity index (χ4v) is 2.22. The molecule has 0 N–H and O–H groups in total. The van der Waals surface area contributed by atoms with Crippen LogP contribution in [0, 0.1) is 0 Å². The lowest BCUT2D eigenvalue weighted by Gasteiger charge is -2.19. The molecule has 0 bridgehead atoms. The molecule has 1 nitrogen and oxygen atoms in total. The molecule has 60 valence electrons. The van der Waals surface area contributed by atoms with E-state index in [1.54, 1.807) is 0 Å². The topological polar surface area (TPSA) is 3.24 Å². The monoisotopic (exact) mass is 167 g/mol. The molecule has 1 aliphatic heterocycles. The van der Waals surface area contributed by atoms with Gasteiger partial charge in [-0.05, 0) is 11.2 Å². The van der Waals surface area contributed by atoms with Crippen LogP contribution in [0.1, 0.15) is 13.8 Å². The maximum absolute atomic E-state index is 4.58. The Morgan fingerprint density at radius 2 is 2.09 bits per heavy atom. The van der Waals surface area contributed by atoms with Gasteiger partial charge in [0.1, 0.15) is 7.28 Å². The van der Waals surface area contributed by atoms with Gasteiger partial charge in [0.05, 0.1) is 0 Å².